The van der Waals surface area contributed by atoms with Crippen molar-refractivity contribution in [2.45, 2.75) is 24.8 Å². The Morgan fingerprint density at radius 1 is 1.36 bits per heavy atom. The second kappa shape index (κ2) is 2.57. The van der Waals surface area contributed by atoms with Gasteiger partial charge in [0.25, 0.3) is 0 Å². The molecule has 0 bridgehead atoms. The first-order chi connectivity index (χ1) is 5.33. The van der Waals surface area contributed by atoms with Gasteiger partial charge < -0.3 is 10.6 Å². The first-order valence-electron chi connectivity index (χ1n) is 4.33. The van der Waals surface area contributed by atoms with Gasteiger partial charge in [-0.05, 0) is 25.9 Å². The molecule has 0 saturated carbocycles. The Balaban J connectivity index is 2.13. The number of hydrogen-bond donors (Lipinski definition) is 2. The summed E-state index contributed by atoms with van der Waals surface area (Å²) in [6.07, 6.45) is 2.76. The number of carbonyl (C=O) groups is 1. The van der Waals surface area contributed by atoms with Crippen molar-refractivity contribution in [1.29, 1.82) is 0 Å². The molecule has 62 valence electrons. The van der Waals surface area contributed by atoms with Crippen molar-refractivity contribution in [1.82, 2.24) is 10.6 Å². The summed E-state index contributed by atoms with van der Waals surface area (Å²) >= 11 is 0. The van der Waals surface area contributed by atoms with Crippen LogP contribution in [0.1, 0.15) is 19.3 Å². The fourth-order valence-electron chi connectivity index (χ4n) is 2.00. The lowest BCUT2D eigenvalue weighted by Crippen LogP contribution is -2.56. The number of carbonyl (C=O) groups excluding carboxylic acids is 1. The summed E-state index contributed by atoms with van der Waals surface area (Å²) in [5.41, 5.74) is -0.168. The average Bonchev–Trinajstić information content (AvgIpc) is 2.46. The molecule has 2 rings (SSSR count). The van der Waals surface area contributed by atoms with Gasteiger partial charge in [-0.15, -0.1) is 0 Å². The standard InChI is InChI=1S/C8H14N2O/c11-7-2-1-4-10-8(7)3-5-9-6-8/h9-10H,1-6H2. The van der Waals surface area contributed by atoms with E-state index in [1.54, 1.807) is 0 Å². The summed E-state index contributed by atoms with van der Waals surface area (Å²) < 4.78 is 0. The average molecular weight is 154 g/mol. The molecule has 3 nitrogen and oxygen atoms in total. The molecule has 2 aliphatic heterocycles. The third-order valence-electron chi connectivity index (χ3n) is 2.73. The summed E-state index contributed by atoms with van der Waals surface area (Å²) in [6.45, 7) is 2.83. The van der Waals surface area contributed by atoms with Crippen molar-refractivity contribution in [3.05, 3.63) is 0 Å². The van der Waals surface area contributed by atoms with Gasteiger partial charge in [0.15, 0.2) is 5.78 Å². The smallest absolute Gasteiger partial charge is 0.154 e. The SMILES string of the molecule is O=C1CCCNC12CCNC2. The highest BCUT2D eigenvalue weighted by atomic mass is 16.1. The lowest BCUT2D eigenvalue weighted by atomic mass is 9.87. The third kappa shape index (κ3) is 1.08. The Morgan fingerprint density at radius 2 is 2.27 bits per heavy atom. The molecule has 0 radical (unpaired) electrons. The fraction of sp³-hybridized carbons (Fsp3) is 0.875. The van der Waals surface area contributed by atoms with Crippen molar-refractivity contribution in [2.24, 2.45) is 0 Å². The highest BCUT2D eigenvalue weighted by Crippen LogP contribution is 2.21. The second-order valence-corrected chi connectivity index (χ2v) is 3.46. The molecule has 3 heteroatoms. The maximum absolute atomic E-state index is 11.5. The van der Waals surface area contributed by atoms with Crippen LogP contribution in [0.4, 0.5) is 0 Å². The normalized spacial score (nSPS) is 38.4. The van der Waals surface area contributed by atoms with Crippen LogP contribution in [0.15, 0.2) is 0 Å². The number of piperidine rings is 1. The van der Waals surface area contributed by atoms with Crippen LogP contribution in [0.2, 0.25) is 0 Å². The maximum atomic E-state index is 11.5. The van der Waals surface area contributed by atoms with Gasteiger partial charge in [-0.2, -0.15) is 0 Å². The van der Waals surface area contributed by atoms with Gasteiger partial charge in [-0.3, -0.25) is 4.79 Å². The molecule has 1 unspecified atom stereocenters. The Bertz CT molecular complexity index is 173. The Morgan fingerprint density at radius 3 is 2.91 bits per heavy atom. The Hall–Kier alpha value is -0.410. The predicted molar refractivity (Wildman–Crippen MR) is 42.5 cm³/mol. The number of ketones is 1. The topological polar surface area (TPSA) is 41.1 Å². The summed E-state index contributed by atoms with van der Waals surface area (Å²) in [5, 5.41) is 6.56. The minimum Gasteiger partial charge on any atom is -0.314 e. The largest absolute Gasteiger partial charge is 0.314 e. The van der Waals surface area contributed by atoms with Gasteiger partial charge in [-0.25, -0.2) is 0 Å². The number of nitrogens with one attached hydrogen (secondary N) is 2. The van der Waals surface area contributed by atoms with Gasteiger partial charge in [0.05, 0.1) is 5.54 Å². The lowest BCUT2D eigenvalue weighted by molar-refractivity contribution is -0.126. The number of Topliss-reactive ketones (excluding diaryl/α,β-unsaturated/α-hetero) is 1. The molecular weight excluding hydrogens is 140 g/mol. The maximum Gasteiger partial charge on any atom is 0.154 e. The molecule has 11 heavy (non-hydrogen) atoms. The summed E-state index contributed by atoms with van der Waals surface area (Å²) in [5.74, 6) is 0.411. The zero-order valence-electron chi connectivity index (χ0n) is 6.65. The van der Waals surface area contributed by atoms with E-state index in [0.29, 0.717) is 5.78 Å². The monoisotopic (exact) mass is 154 g/mol. The van der Waals surface area contributed by atoms with Gasteiger partial charge in [-0.1, -0.05) is 0 Å². The van der Waals surface area contributed by atoms with Crippen LogP contribution >= 0.6 is 0 Å². The summed E-state index contributed by atoms with van der Waals surface area (Å²) in [6, 6.07) is 0. The first kappa shape index (κ1) is 7.25. The Labute approximate surface area is 66.5 Å². The molecule has 0 aromatic carbocycles. The molecule has 1 atom stereocenters. The molecule has 0 aromatic heterocycles. The molecule has 2 heterocycles. The quantitative estimate of drug-likeness (QED) is 0.502. The third-order valence-corrected chi connectivity index (χ3v) is 2.73. The highest BCUT2D eigenvalue weighted by molar-refractivity contribution is 5.89. The van der Waals surface area contributed by atoms with E-state index in [1.807, 2.05) is 0 Å². The van der Waals surface area contributed by atoms with Crippen LogP contribution in [0, 0.1) is 0 Å². The first-order valence-corrected chi connectivity index (χ1v) is 4.33. The van der Waals surface area contributed by atoms with Gasteiger partial charge in [0.1, 0.15) is 0 Å². The second-order valence-electron chi connectivity index (χ2n) is 3.46. The van der Waals surface area contributed by atoms with Gasteiger partial charge >= 0.3 is 0 Å². The fourth-order valence-corrected chi connectivity index (χ4v) is 2.00. The van der Waals surface area contributed by atoms with E-state index < -0.39 is 0 Å². The molecule has 2 aliphatic rings. The minimum absolute atomic E-state index is 0.168. The van der Waals surface area contributed by atoms with Gasteiger partial charge in [0, 0.05) is 13.0 Å². The highest BCUT2D eigenvalue weighted by Gasteiger charge is 2.41. The van der Waals surface area contributed by atoms with Crippen molar-refractivity contribution in [3.63, 3.8) is 0 Å². The van der Waals surface area contributed by atoms with E-state index in [2.05, 4.69) is 10.6 Å². The van der Waals surface area contributed by atoms with Crippen LogP contribution in [0.5, 0.6) is 0 Å². The van der Waals surface area contributed by atoms with Crippen molar-refractivity contribution in [2.75, 3.05) is 19.6 Å². The summed E-state index contributed by atoms with van der Waals surface area (Å²) in [7, 11) is 0. The van der Waals surface area contributed by atoms with E-state index in [9.17, 15) is 4.79 Å². The Kier molecular flexibility index (Phi) is 1.69. The number of rotatable bonds is 0. The van der Waals surface area contributed by atoms with Crippen molar-refractivity contribution < 1.29 is 4.79 Å². The van der Waals surface area contributed by atoms with Crippen LogP contribution in [0.3, 0.4) is 0 Å². The molecular formula is C8H14N2O. The minimum atomic E-state index is -0.168. The van der Waals surface area contributed by atoms with Crippen LogP contribution in [-0.2, 0) is 4.79 Å². The van der Waals surface area contributed by atoms with Gasteiger partial charge in [0.2, 0.25) is 0 Å². The van der Waals surface area contributed by atoms with Crippen molar-refractivity contribution >= 4 is 5.78 Å². The zero-order valence-corrected chi connectivity index (χ0v) is 6.65. The predicted octanol–water partition coefficient (Wildman–Crippen LogP) is -0.329. The molecule has 2 saturated heterocycles. The molecule has 0 amide bonds. The molecule has 0 aromatic rings. The molecule has 0 aliphatic carbocycles. The molecule has 2 fully saturated rings. The molecule has 1 spiro atoms. The number of hydrogen-bond acceptors (Lipinski definition) is 3. The van der Waals surface area contributed by atoms with Crippen LogP contribution < -0.4 is 10.6 Å². The zero-order chi connectivity index (χ0) is 7.73. The summed E-state index contributed by atoms with van der Waals surface area (Å²) in [4.78, 5) is 11.5. The van der Waals surface area contributed by atoms with E-state index >= 15 is 0 Å². The molecule has 2 N–H and O–H groups in total. The van der Waals surface area contributed by atoms with E-state index in [1.165, 1.54) is 0 Å². The lowest BCUT2D eigenvalue weighted by Gasteiger charge is -2.32. The van der Waals surface area contributed by atoms with E-state index in [4.69, 9.17) is 0 Å². The van der Waals surface area contributed by atoms with E-state index in [-0.39, 0.29) is 5.54 Å². The van der Waals surface area contributed by atoms with Crippen molar-refractivity contribution in [3.8, 4) is 0 Å². The van der Waals surface area contributed by atoms with Crippen LogP contribution in [-0.4, -0.2) is 31.0 Å². The van der Waals surface area contributed by atoms with E-state index in [0.717, 1.165) is 38.9 Å². The van der Waals surface area contributed by atoms with Crippen LogP contribution in [0.25, 0.3) is 0 Å².